The van der Waals surface area contributed by atoms with Gasteiger partial charge < -0.3 is 15.0 Å². The van der Waals surface area contributed by atoms with Gasteiger partial charge in [0.25, 0.3) is 5.91 Å². The Balaban J connectivity index is 1.71. The summed E-state index contributed by atoms with van der Waals surface area (Å²) in [7, 11) is -1.91. The van der Waals surface area contributed by atoms with Gasteiger partial charge in [-0.2, -0.15) is 0 Å². The van der Waals surface area contributed by atoms with Crippen LogP contribution in [0.2, 0.25) is 0 Å². The Morgan fingerprint density at radius 3 is 2.38 bits per heavy atom. The predicted molar refractivity (Wildman–Crippen MR) is 117 cm³/mol. The molecule has 9 nitrogen and oxygen atoms in total. The number of sulfone groups is 1. The highest BCUT2D eigenvalue weighted by Gasteiger charge is 2.31. The number of pyridine rings is 1. The number of hydrogen-bond acceptors (Lipinski definition) is 7. The molecule has 0 saturated carbocycles. The van der Waals surface area contributed by atoms with E-state index in [1.807, 2.05) is 18.2 Å². The van der Waals surface area contributed by atoms with Crippen molar-refractivity contribution in [3.63, 3.8) is 0 Å². The van der Waals surface area contributed by atoms with Gasteiger partial charge in [-0.15, -0.1) is 0 Å². The third kappa shape index (κ3) is 6.13. The van der Waals surface area contributed by atoms with Crippen LogP contribution in [0, 0.1) is 0 Å². The highest BCUT2D eigenvalue weighted by Crippen LogP contribution is 2.17. The van der Waals surface area contributed by atoms with Crippen molar-refractivity contribution in [2.45, 2.75) is 18.9 Å². The van der Waals surface area contributed by atoms with Gasteiger partial charge in [-0.1, -0.05) is 18.2 Å². The van der Waals surface area contributed by atoms with Gasteiger partial charge in [-0.05, 0) is 30.7 Å². The van der Waals surface area contributed by atoms with Crippen molar-refractivity contribution in [3.05, 3.63) is 54.2 Å². The minimum absolute atomic E-state index is 0.0481. The second-order valence-corrected chi connectivity index (χ2v) is 9.71. The summed E-state index contributed by atoms with van der Waals surface area (Å²) in [6.45, 7) is 0.120. The molecule has 1 aliphatic heterocycles. The molecule has 2 heterocycles. The van der Waals surface area contributed by atoms with E-state index in [9.17, 15) is 22.8 Å². The molecule has 1 N–H and O–H groups in total. The smallest absolute Gasteiger partial charge is 0.305 e. The van der Waals surface area contributed by atoms with E-state index in [1.165, 1.54) is 12.0 Å². The van der Waals surface area contributed by atoms with Crippen molar-refractivity contribution < 1.29 is 27.5 Å². The maximum Gasteiger partial charge on any atom is 0.305 e. The monoisotopic (exact) mass is 459 g/mol. The Morgan fingerprint density at radius 2 is 1.78 bits per heavy atom. The average Bonchev–Trinajstić information content (AvgIpc) is 2.81. The minimum Gasteiger partial charge on any atom is -0.469 e. The van der Waals surface area contributed by atoms with Crippen LogP contribution in [-0.4, -0.2) is 73.8 Å². The molecule has 1 aromatic carbocycles. The van der Waals surface area contributed by atoms with Crippen molar-refractivity contribution >= 4 is 27.6 Å². The molecule has 1 atom stereocenters. The number of hydrogen-bond donors (Lipinski definition) is 1. The van der Waals surface area contributed by atoms with Gasteiger partial charge in [-0.25, -0.2) is 8.42 Å². The van der Waals surface area contributed by atoms with Gasteiger partial charge in [0.1, 0.15) is 6.04 Å². The largest absolute Gasteiger partial charge is 0.469 e. The molecule has 1 fully saturated rings. The number of rotatable bonds is 7. The zero-order valence-corrected chi connectivity index (χ0v) is 18.5. The molecule has 0 aliphatic carbocycles. The van der Waals surface area contributed by atoms with E-state index in [-0.39, 0.29) is 37.4 Å². The number of amides is 2. The summed E-state index contributed by atoms with van der Waals surface area (Å²) in [6, 6.07) is 11.4. The van der Waals surface area contributed by atoms with Crippen LogP contribution < -0.4 is 5.32 Å². The Hall–Kier alpha value is -3.27. The topological polar surface area (TPSA) is 123 Å². The van der Waals surface area contributed by atoms with E-state index in [2.05, 4.69) is 15.0 Å². The van der Waals surface area contributed by atoms with Gasteiger partial charge in [0.05, 0.1) is 24.3 Å². The fraction of sp³-hybridized carbons (Fsp3) is 0.364. The predicted octanol–water partition coefficient (Wildman–Crippen LogP) is 1.06. The maximum absolute atomic E-state index is 13.0. The first kappa shape index (κ1) is 23.4. The van der Waals surface area contributed by atoms with Crippen LogP contribution in [0.4, 0.5) is 0 Å². The number of aromatic nitrogens is 1. The Morgan fingerprint density at radius 1 is 1.09 bits per heavy atom. The molecule has 1 saturated heterocycles. The van der Waals surface area contributed by atoms with Gasteiger partial charge in [0, 0.05) is 36.8 Å². The fourth-order valence-corrected chi connectivity index (χ4v) is 4.54. The molecule has 2 amide bonds. The van der Waals surface area contributed by atoms with E-state index in [0.717, 1.165) is 11.3 Å². The Bertz CT molecular complexity index is 1060. The van der Waals surface area contributed by atoms with E-state index >= 15 is 0 Å². The van der Waals surface area contributed by atoms with Gasteiger partial charge in [-0.3, -0.25) is 19.4 Å². The molecule has 0 spiro atoms. The maximum atomic E-state index is 13.0. The zero-order chi connectivity index (χ0) is 23.1. The average molecular weight is 460 g/mol. The second-order valence-electron chi connectivity index (χ2n) is 7.41. The summed E-state index contributed by atoms with van der Waals surface area (Å²) in [6.07, 6.45) is 1.67. The van der Waals surface area contributed by atoms with Crippen molar-refractivity contribution in [2.24, 2.45) is 0 Å². The highest BCUT2D eigenvalue weighted by atomic mass is 32.2. The SMILES string of the molecule is COC(=O)CC[C@H](NC(=O)c1ccc(-c2ccccn2)cc1)C(=O)N1CCS(=O)(=O)CC1. The third-order valence-electron chi connectivity index (χ3n) is 5.23. The van der Waals surface area contributed by atoms with E-state index in [1.54, 1.807) is 30.5 Å². The van der Waals surface area contributed by atoms with Crippen molar-refractivity contribution in [1.82, 2.24) is 15.2 Å². The summed E-state index contributed by atoms with van der Waals surface area (Å²) >= 11 is 0. The number of carbonyl (C=O) groups excluding carboxylic acids is 3. The Kier molecular flexibility index (Phi) is 7.57. The van der Waals surface area contributed by atoms with Gasteiger partial charge in [0.15, 0.2) is 9.84 Å². The van der Waals surface area contributed by atoms with Gasteiger partial charge in [0.2, 0.25) is 5.91 Å². The van der Waals surface area contributed by atoms with E-state index in [4.69, 9.17) is 0 Å². The minimum atomic E-state index is -3.16. The quantitative estimate of drug-likeness (QED) is 0.614. The summed E-state index contributed by atoms with van der Waals surface area (Å²) < 4.78 is 28.0. The van der Waals surface area contributed by atoms with Gasteiger partial charge >= 0.3 is 5.97 Å². The first-order valence-corrected chi connectivity index (χ1v) is 12.0. The number of esters is 1. The van der Waals surface area contributed by atoms with Crippen LogP contribution >= 0.6 is 0 Å². The number of carbonyl (C=O) groups is 3. The molecule has 2 aromatic rings. The third-order valence-corrected chi connectivity index (χ3v) is 6.84. The molecule has 1 aromatic heterocycles. The first-order chi connectivity index (χ1) is 15.3. The molecule has 170 valence electrons. The molecule has 0 radical (unpaired) electrons. The lowest BCUT2D eigenvalue weighted by molar-refractivity contribution is -0.141. The molecule has 32 heavy (non-hydrogen) atoms. The lowest BCUT2D eigenvalue weighted by Gasteiger charge is -2.30. The van der Waals surface area contributed by atoms with E-state index < -0.39 is 33.7 Å². The molecule has 0 bridgehead atoms. The molecule has 3 rings (SSSR count). The number of nitrogens with one attached hydrogen (secondary N) is 1. The number of benzene rings is 1. The van der Waals surface area contributed by atoms with Crippen molar-refractivity contribution in [3.8, 4) is 11.3 Å². The number of methoxy groups -OCH3 is 1. The zero-order valence-electron chi connectivity index (χ0n) is 17.7. The normalized spacial score (nSPS) is 16.1. The van der Waals surface area contributed by atoms with Crippen LogP contribution in [0.1, 0.15) is 23.2 Å². The lowest BCUT2D eigenvalue weighted by Crippen LogP contribution is -2.53. The Labute approximate surface area is 186 Å². The molecule has 1 aliphatic rings. The summed E-state index contributed by atoms with van der Waals surface area (Å²) in [5.74, 6) is -1.62. The highest BCUT2D eigenvalue weighted by molar-refractivity contribution is 7.91. The van der Waals surface area contributed by atoms with Crippen LogP contribution in [0.15, 0.2) is 48.7 Å². The molecular weight excluding hydrogens is 434 g/mol. The first-order valence-electron chi connectivity index (χ1n) is 10.2. The van der Waals surface area contributed by atoms with E-state index in [0.29, 0.717) is 5.56 Å². The molecule has 10 heteroatoms. The standard InChI is InChI=1S/C22H25N3O6S/c1-31-20(26)10-9-19(22(28)25-12-14-32(29,30)15-13-25)24-21(27)17-7-5-16(6-8-17)18-4-2-3-11-23-18/h2-8,11,19H,9-10,12-15H2,1H3,(H,24,27)/t19-/m0/s1. The van der Waals surface area contributed by atoms with Crippen molar-refractivity contribution in [2.75, 3.05) is 31.7 Å². The molecule has 0 unspecified atom stereocenters. The fourth-order valence-electron chi connectivity index (χ4n) is 3.34. The number of nitrogens with zero attached hydrogens (tertiary/aromatic N) is 2. The van der Waals surface area contributed by atoms with Crippen molar-refractivity contribution in [1.29, 1.82) is 0 Å². The van der Waals surface area contributed by atoms with Crippen LogP contribution in [0.5, 0.6) is 0 Å². The lowest BCUT2D eigenvalue weighted by atomic mass is 10.1. The number of ether oxygens (including phenoxy) is 1. The molecular formula is C22H25N3O6S. The summed E-state index contributed by atoms with van der Waals surface area (Å²) in [5.41, 5.74) is 1.96. The summed E-state index contributed by atoms with van der Waals surface area (Å²) in [4.78, 5) is 43.0. The van der Waals surface area contributed by atoms with Crippen LogP contribution in [-0.2, 0) is 24.2 Å². The van der Waals surface area contributed by atoms with Crippen LogP contribution in [0.3, 0.4) is 0 Å². The second kappa shape index (κ2) is 10.4. The summed E-state index contributed by atoms with van der Waals surface area (Å²) in [5, 5.41) is 2.69. The van der Waals surface area contributed by atoms with Crippen LogP contribution in [0.25, 0.3) is 11.3 Å².